The van der Waals surface area contributed by atoms with E-state index in [1.54, 1.807) is 12.1 Å². The number of rotatable bonds is 5. The number of hydrogen-bond donors (Lipinski definition) is 1. The third kappa shape index (κ3) is 4.21. The summed E-state index contributed by atoms with van der Waals surface area (Å²) in [4.78, 5) is 8.10. The van der Waals surface area contributed by atoms with Gasteiger partial charge in [-0.2, -0.15) is 0 Å². The molecule has 0 radical (unpaired) electrons. The molecular formula is C14H16FN3O. The molecule has 0 fully saturated rings. The third-order valence-electron chi connectivity index (χ3n) is 2.36. The lowest BCUT2D eigenvalue weighted by Gasteiger charge is -2.10. The second kappa shape index (κ2) is 6.13. The van der Waals surface area contributed by atoms with E-state index < -0.39 is 0 Å². The van der Waals surface area contributed by atoms with Crippen LogP contribution in [0.2, 0.25) is 0 Å². The quantitative estimate of drug-likeness (QED) is 0.898. The Labute approximate surface area is 111 Å². The number of benzene rings is 1. The lowest BCUT2D eigenvalue weighted by Crippen LogP contribution is -2.08. The first-order valence-corrected chi connectivity index (χ1v) is 6.10. The minimum absolute atomic E-state index is 0.0611. The lowest BCUT2D eigenvalue weighted by atomic mass is 10.2. The molecule has 0 aliphatic carbocycles. The summed E-state index contributed by atoms with van der Waals surface area (Å²) in [6.07, 6.45) is 1.50. The van der Waals surface area contributed by atoms with Crippen molar-refractivity contribution in [2.45, 2.75) is 26.5 Å². The van der Waals surface area contributed by atoms with E-state index in [1.165, 1.54) is 18.5 Å². The third-order valence-corrected chi connectivity index (χ3v) is 2.36. The maximum absolute atomic E-state index is 13.0. The molecule has 4 nitrogen and oxygen atoms in total. The summed E-state index contributed by atoms with van der Waals surface area (Å²) in [6, 6.07) is 8.16. The summed E-state index contributed by atoms with van der Waals surface area (Å²) in [7, 11) is 0. The fourth-order valence-electron chi connectivity index (χ4n) is 1.58. The highest BCUT2D eigenvalue weighted by atomic mass is 19.1. The molecule has 0 bridgehead atoms. The van der Waals surface area contributed by atoms with Gasteiger partial charge in [-0.25, -0.2) is 14.4 Å². The molecule has 0 saturated heterocycles. The molecule has 0 atom stereocenters. The van der Waals surface area contributed by atoms with Crippen LogP contribution in [0.25, 0.3) is 0 Å². The van der Waals surface area contributed by atoms with Crippen LogP contribution in [0.15, 0.2) is 36.7 Å². The maximum Gasteiger partial charge on any atom is 0.218 e. The molecule has 0 aliphatic rings. The molecule has 1 N–H and O–H groups in total. The van der Waals surface area contributed by atoms with Crippen LogP contribution in [0.1, 0.15) is 19.4 Å². The van der Waals surface area contributed by atoms with Crippen LogP contribution in [0, 0.1) is 5.82 Å². The highest BCUT2D eigenvalue weighted by Crippen LogP contribution is 2.13. The van der Waals surface area contributed by atoms with E-state index in [1.807, 2.05) is 19.9 Å². The second-order valence-corrected chi connectivity index (χ2v) is 4.39. The van der Waals surface area contributed by atoms with Gasteiger partial charge >= 0.3 is 0 Å². The topological polar surface area (TPSA) is 47.0 Å². The highest BCUT2D eigenvalue weighted by molar-refractivity contribution is 5.38. The van der Waals surface area contributed by atoms with E-state index in [4.69, 9.17) is 4.74 Å². The number of nitrogens with one attached hydrogen (secondary N) is 1. The van der Waals surface area contributed by atoms with E-state index in [0.29, 0.717) is 18.2 Å². The van der Waals surface area contributed by atoms with E-state index in [-0.39, 0.29) is 11.9 Å². The second-order valence-electron chi connectivity index (χ2n) is 4.39. The SMILES string of the molecule is CC(C)Oc1cc(NCc2cccc(F)c2)ncn1. The molecule has 0 saturated carbocycles. The summed E-state index contributed by atoms with van der Waals surface area (Å²) < 4.78 is 18.5. The van der Waals surface area contributed by atoms with Gasteiger partial charge in [-0.1, -0.05) is 12.1 Å². The van der Waals surface area contributed by atoms with Gasteiger partial charge in [0.05, 0.1) is 6.10 Å². The fourth-order valence-corrected chi connectivity index (χ4v) is 1.58. The van der Waals surface area contributed by atoms with Crippen molar-refractivity contribution in [3.8, 4) is 5.88 Å². The molecule has 0 unspecified atom stereocenters. The Morgan fingerprint density at radius 1 is 1.26 bits per heavy atom. The number of hydrogen-bond acceptors (Lipinski definition) is 4. The summed E-state index contributed by atoms with van der Waals surface area (Å²) in [6.45, 7) is 4.36. The van der Waals surface area contributed by atoms with Crippen molar-refractivity contribution in [3.63, 3.8) is 0 Å². The van der Waals surface area contributed by atoms with Crippen molar-refractivity contribution >= 4 is 5.82 Å². The Kier molecular flexibility index (Phi) is 4.28. The van der Waals surface area contributed by atoms with Gasteiger partial charge in [0.15, 0.2) is 0 Å². The molecule has 0 aliphatic heterocycles. The molecular weight excluding hydrogens is 245 g/mol. The van der Waals surface area contributed by atoms with Crippen LogP contribution in [-0.4, -0.2) is 16.1 Å². The van der Waals surface area contributed by atoms with Crippen molar-refractivity contribution in [1.29, 1.82) is 0 Å². The summed E-state index contributed by atoms with van der Waals surface area (Å²) >= 11 is 0. The van der Waals surface area contributed by atoms with Crippen LogP contribution in [0.4, 0.5) is 10.2 Å². The van der Waals surface area contributed by atoms with Gasteiger partial charge in [0, 0.05) is 12.6 Å². The number of halogens is 1. The first kappa shape index (κ1) is 13.3. The smallest absolute Gasteiger partial charge is 0.218 e. The molecule has 100 valence electrons. The van der Waals surface area contributed by atoms with Gasteiger partial charge < -0.3 is 10.1 Å². The van der Waals surface area contributed by atoms with Gasteiger partial charge in [0.25, 0.3) is 0 Å². The number of nitrogens with zero attached hydrogens (tertiary/aromatic N) is 2. The summed E-state index contributed by atoms with van der Waals surface area (Å²) in [5.74, 6) is 0.924. The van der Waals surface area contributed by atoms with Crippen LogP contribution < -0.4 is 10.1 Å². The standard InChI is InChI=1S/C14H16FN3O/c1-10(2)19-14-7-13(17-9-18-14)16-8-11-4-3-5-12(15)6-11/h3-7,9-10H,8H2,1-2H3,(H,16,17,18). The number of ether oxygens (including phenoxy) is 1. The van der Waals surface area contributed by atoms with Crippen LogP contribution >= 0.6 is 0 Å². The zero-order valence-electron chi connectivity index (χ0n) is 10.9. The summed E-state index contributed by atoms with van der Waals surface area (Å²) in [5.41, 5.74) is 0.852. The van der Waals surface area contributed by atoms with Gasteiger partial charge in [0.2, 0.25) is 5.88 Å². The molecule has 2 rings (SSSR count). The van der Waals surface area contributed by atoms with Crippen molar-refractivity contribution in [2.24, 2.45) is 0 Å². The van der Waals surface area contributed by atoms with Gasteiger partial charge in [0.1, 0.15) is 18.0 Å². The van der Waals surface area contributed by atoms with Crippen molar-refractivity contribution < 1.29 is 9.13 Å². The molecule has 1 heterocycles. The maximum atomic E-state index is 13.0. The number of anilines is 1. The molecule has 0 amide bonds. The zero-order valence-corrected chi connectivity index (χ0v) is 10.9. The average Bonchev–Trinajstić information content (AvgIpc) is 2.36. The molecule has 0 spiro atoms. The predicted octanol–water partition coefficient (Wildman–Crippen LogP) is 3.02. The van der Waals surface area contributed by atoms with Crippen molar-refractivity contribution in [2.75, 3.05) is 5.32 Å². The van der Waals surface area contributed by atoms with Crippen LogP contribution in [-0.2, 0) is 6.54 Å². The monoisotopic (exact) mass is 261 g/mol. The average molecular weight is 261 g/mol. The Morgan fingerprint density at radius 3 is 2.84 bits per heavy atom. The highest BCUT2D eigenvalue weighted by Gasteiger charge is 2.02. The number of aromatic nitrogens is 2. The van der Waals surface area contributed by atoms with E-state index in [9.17, 15) is 4.39 Å². The lowest BCUT2D eigenvalue weighted by molar-refractivity contribution is 0.232. The Bertz CT molecular complexity index is 546. The van der Waals surface area contributed by atoms with Gasteiger partial charge in [-0.3, -0.25) is 0 Å². The van der Waals surface area contributed by atoms with Crippen molar-refractivity contribution in [1.82, 2.24) is 9.97 Å². The van der Waals surface area contributed by atoms with Gasteiger partial charge in [-0.05, 0) is 31.5 Å². The predicted molar refractivity (Wildman–Crippen MR) is 71.5 cm³/mol. The molecule has 2 aromatic rings. The Morgan fingerprint density at radius 2 is 2.11 bits per heavy atom. The largest absolute Gasteiger partial charge is 0.475 e. The van der Waals surface area contributed by atoms with Gasteiger partial charge in [-0.15, -0.1) is 0 Å². The van der Waals surface area contributed by atoms with E-state index >= 15 is 0 Å². The minimum atomic E-state index is -0.245. The summed E-state index contributed by atoms with van der Waals surface area (Å²) in [5, 5.41) is 3.10. The zero-order chi connectivity index (χ0) is 13.7. The van der Waals surface area contributed by atoms with Crippen molar-refractivity contribution in [3.05, 3.63) is 48.0 Å². The van der Waals surface area contributed by atoms with E-state index in [0.717, 1.165) is 5.56 Å². The Hall–Kier alpha value is -2.17. The fraction of sp³-hybridized carbons (Fsp3) is 0.286. The molecule has 5 heteroatoms. The molecule has 1 aromatic carbocycles. The van der Waals surface area contributed by atoms with Crippen LogP contribution in [0.5, 0.6) is 5.88 Å². The minimum Gasteiger partial charge on any atom is -0.475 e. The first-order valence-electron chi connectivity index (χ1n) is 6.10. The Balaban J connectivity index is 1.99. The van der Waals surface area contributed by atoms with E-state index in [2.05, 4.69) is 15.3 Å². The molecule has 1 aromatic heterocycles. The normalized spacial score (nSPS) is 10.5. The van der Waals surface area contributed by atoms with Crippen LogP contribution in [0.3, 0.4) is 0 Å². The first-order chi connectivity index (χ1) is 9.13. The molecule has 19 heavy (non-hydrogen) atoms.